The van der Waals surface area contributed by atoms with Crippen LogP contribution in [0.1, 0.15) is 69.7 Å². The number of furan rings is 1. The molecule has 0 aliphatic heterocycles. The van der Waals surface area contributed by atoms with Crippen molar-refractivity contribution in [3.63, 3.8) is 0 Å². The number of ether oxygens (including phenoxy) is 2. The predicted octanol–water partition coefficient (Wildman–Crippen LogP) is 6.77. The van der Waals surface area contributed by atoms with Crippen molar-refractivity contribution in [2.75, 3.05) is 13.2 Å². The molecule has 8 heteroatoms. The van der Waals surface area contributed by atoms with Crippen LogP contribution in [0.4, 0.5) is 0 Å². The number of nitrogens with one attached hydrogen (secondary N) is 1. The lowest BCUT2D eigenvalue weighted by molar-refractivity contribution is -0.150. The minimum atomic E-state index is -0.723. The van der Waals surface area contributed by atoms with Gasteiger partial charge >= 0.3 is 5.97 Å². The summed E-state index contributed by atoms with van der Waals surface area (Å²) in [6.45, 7) is 9.48. The van der Waals surface area contributed by atoms with Crippen molar-refractivity contribution in [2.45, 2.75) is 53.2 Å². The van der Waals surface area contributed by atoms with Gasteiger partial charge in [0, 0.05) is 5.39 Å². The van der Waals surface area contributed by atoms with Crippen LogP contribution in [-0.2, 0) is 25.5 Å². The molecule has 0 bridgehead atoms. The molecule has 8 nitrogen and oxygen atoms in total. The van der Waals surface area contributed by atoms with Crippen molar-refractivity contribution >= 4 is 22.8 Å². The molecule has 0 radical (unpaired) electrons. The summed E-state index contributed by atoms with van der Waals surface area (Å²) in [5.41, 5.74) is 7.19. The molecule has 5 aromatic rings. The Kier molecular flexibility index (Phi) is 9.07. The highest BCUT2D eigenvalue weighted by Gasteiger charge is 2.28. The molecule has 222 valence electrons. The molecular weight excluding hydrogens is 544 g/mol. The van der Waals surface area contributed by atoms with E-state index in [0.29, 0.717) is 28.4 Å². The Balaban J connectivity index is 1.38. The molecule has 0 saturated carbocycles. The number of rotatable bonds is 11. The monoisotopic (exact) mass is 580 g/mol. The highest BCUT2D eigenvalue weighted by molar-refractivity contribution is 5.83. The van der Waals surface area contributed by atoms with Gasteiger partial charge in [0.1, 0.15) is 29.8 Å². The molecule has 5 rings (SSSR count). The first-order chi connectivity index (χ1) is 20.7. The Labute approximate surface area is 251 Å². The van der Waals surface area contributed by atoms with Crippen molar-refractivity contribution in [2.24, 2.45) is 0 Å². The second kappa shape index (κ2) is 13.1. The van der Waals surface area contributed by atoms with E-state index in [1.165, 1.54) is 5.56 Å². The second-order valence-electron chi connectivity index (χ2n) is 10.7. The number of hydrogen-bond donors (Lipinski definition) is 1. The molecule has 2 heterocycles. The molecule has 0 fully saturated rings. The molecule has 0 aliphatic carbocycles. The SMILES string of the molecule is CCOC(=O)COC(c1cc2cc(CC(=O)NC(c3ccccc3)c3ccc(C)cc3C)ccc2o1)c1c(C)noc1C. The van der Waals surface area contributed by atoms with Gasteiger partial charge < -0.3 is 23.7 Å². The van der Waals surface area contributed by atoms with E-state index in [9.17, 15) is 9.59 Å². The number of carbonyl (C=O) groups is 2. The van der Waals surface area contributed by atoms with Gasteiger partial charge in [-0.3, -0.25) is 4.79 Å². The summed E-state index contributed by atoms with van der Waals surface area (Å²) in [5, 5.41) is 8.11. The van der Waals surface area contributed by atoms with E-state index >= 15 is 0 Å². The average molecular weight is 581 g/mol. The van der Waals surface area contributed by atoms with Crippen LogP contribution >= 0.6 is 0 Å². The van der Waals surface area contributed by atoms with Gasteiger partial charge in [0.05, 0.1) is 30.3 Å². The molecule has 1 amide bonds. The zero-order chi connectivity index (χ0) is 30.5. The van der Waals surface area contributed by atoms with Gasteiger partial charge in [0.25, 0.3) is 0 Å². The summed E-state index contributed by atoms with van der Waals surface area (Å²) >= 11 is 0. The van der Waals surface area contributed by atoms with E-state index in [2.05, 4.69) is 42.5 Å². The fourth-order valence-corrected chi connectivity index (χ4v) is 5.41. The van der Waals surface area contributed by atoms with Gasteiger partial charge in [0.15, 0.2) is 0 Å². The van der Waals surface area contributed by atoms with E-state index in [1.807, 2.05) is 61.5 Å². The van der Waals surface area contributed by atoms with Crippen LogP contribution in [0.15, 0.2) is 81.7 Å². The Morgan fingerprint density at radius 3 is 2.44 bits per heavy atom. The van der Waals surface area contributed by atoms with Crippen molar-refractivity contribution in [3.05, 3.63) is 123 Å². The summed E-state index contributed by atoms with van der Waals surface area (Å²) in [6, 6.07) is 23.5. The minimum absolute atomic E-state index is 0.0942. The van der Waals surface area contributed by atoms with E-state index in [0.717, 1.165) is 27.6 Å². The van der Waals surface area contributed by atoms with E-state index in [1.54, 1.807) is 13.8 Å². The summed E-state index contributed by atoms with van der Waals surface area (Å²) < 4.78 is 22.6. The lowest BCUT2D eigenvalue weighted by Gasteiger charge is -2.22. The van der Waals surface area contributed by atoms with Crippen molar-refractivity contribution in [3.8, 4) is 0 Å². The van der Waals surface area contributed by atoms with Crippen LogP contribution in [0.25, 0.3) is 11.0 Å². The van der Waals surface area contributed by atoms with Crippen LogP contribution in [0.3, 0.4) is 0 Å². The van der Waals surface area contributed by atoms with E-state index < -0.39 is 12.1 Å². The van der Waals surface area contributed by atoms with Gasteiger partial charge in [-0.15, -0.1) is 0 Å². The average Bonchev–Trinajstić information content (AvgIpc) is 3.55. The smallest absolute Gasteiger partial charge is 0.332 e. The number of benzene rings is 3. The molecule has 2 unspecified atom stereocenters. The number of aryl methyl sites for hydroxylation is 4. The molecular formula is C35H36N2O6. The van der Waals surface area contributed by atoms with E-state index in [4.69, 9.17) is 18.4 Å². The number of fused-ring (bicyclic) bond motifs is 1. The fourth-order valence-electron chi connectivity index (χ4n) is 5.41. The molecule has 43 heavy (non-hydrogen) atoms. The topological polar surface area (TPSA) is 104 Å². The summed E-state index contributed by atoms with van der Waals surface area (Å²) in [6.07, 6.45) is -0.531. The molecule has 0 aliphatic rings. The first-order valence-corrected chi connectivity index (χ1v) is 14.4. The number of amides is 1. The third kappa shape index (κ3) is 6.87. The summed E-state index contributed by atoms with van der Waals surface area (Å²) in [5.74, 6) is 0.497. The van der Waals surface area contributed by atoms with Crippen molar-refractivity contribution in [1.29, 1.82) is 0 Å². The van der Waals surface area contributed by atoms with Gasteiger partial charge in [-0.05, 0) is 75.1 Å². The Bertz CT molecular complexity index is 1720. The fraction of sp³-hybridized carbons (Fsp3) is 0.286. The molecule has 3 aromatic carbocycles. The molecule has 1 N–H and O–H groups in total. The first-order valence-electron chi connectivity index (χ1n) is 14.4. The van der Waals surface area contributed by atoms with Crippen LogP contribution in [0.2, 0.25) is 0 Å². The molecule has 0 spiro atoms. The lowest BCUT2D eigenvalue weighted by atomic mass is 9.93. The Morgan fingerprint density at radius 1 is 0.953 bits per heavy atom. The third-order valence-electron chi connectivity index (χ3n) is 7.42. The summed E-state index contributed by atoms with van der Waals surface area (Å²) in [7, 11) is 0. The maximum absolute atomic E-state index is 13.4. The normalized spacial score (nSPS) is 12.7. The highest BCUT2D eigenvalue weighted by Crippen LogP contribution is 2.35. The zero-order valence-electron chi connectivity index (χ0n) is 25.1. The number of esters is 1. The van der Waals surface area contributed by atoms with Crippen LogP contribution in [0.5, 0.6) is 0 Å². The van der Waals surface area contributed by atoms with Crippen molar-refractivity contribution < 1.29 is 28.0 Å². The Morgan fingerprint density at radius 2 is 1.74 bits per heavy atom. The van der Waals surface area contributed by atoms with Gasteiger partial charge in [0.2, 0.25) is 5.91 Å². The number of aromatic nitrogens is 1. The van der Waals surface area contributed by atoms with Gasteiger partial charge in [-0.1, -0.05) is 65.3 Å². The maximum Gasteiger partial charge on any atom is 0.332 e. The molecule has 0 saturated heterocycles. The van der Waals surface area contributed by atoms with Crippen LogP contribution < -0.4 is 5.32 Å². The van der Waals surface area contributed by atoms with Crippen LogP contribution in [-0.4, -0.2) is 30.2 Å². The zero-order valence-corrected chi connectivity index (χ0v) is 25.1. The quantitative estimate of drug-likeness (QED) is 0.172. The van der Waals surface area contributed by atoms with E-state index in [-0.39, 0.29) is 31.6 Å². The number of hydrogen-bond acceptors (Lipinski definition) is 7. The van der Waals surface area contributed by atoms with Gasteiger partial charge in [-0.2, -0.15) is 0 Å². The largest absolute Gasteiger partial charge is 0.464 e. The molecule has 2 aromatic heterocycles. The molecule has 2 atom stereocenters. The number of carbonyl (C=O) groups excluding carboxylic acids is 2. The minimum Gasteiger partial charge on any atom is -0.464 e. The Hall–Kier alpha value is -4.69. The third-order valence-corrected chi connectivity index (χ3v) is 7.42. The van der Waals surface area contributed by atoms with Crippen molar-refractivity contribution in [1.82, 2.24) is 10.5 Å². The summed E-state index contributed by atoms with van der Waals surface area (Å²) in [4.78, 5) is 25.5. The number of nitrogens with zero attached hydrogens (tertiary/aromatic N) is 1. The second-order valence-corrected chi connectivity index (χ2v) is 10.7. The lowest BCUT2D eigenvalue weighted by Crippen LogP contribution is -2.31. The van der Waals surface area contributed by atoms with Crippen LogP contribution in [0, 0.1) is 27.7 Å². The first kappa shape index (κ1) is 29.8. The standard InChI is InChI=1S/C35H36N2O6/c1-6-40-32(39)20-41-35(33-23(4)37-43-24(33)5)30-19-27-17-25(13-15-29(27)42-30)18-31(38)36-34(26-10-8-7-9-11-26)28-14-12-21(2)16-22(28)3/h7-17,19,34-35H,6,18,20H2,1-5H3,(H,36,38). The van der Waals surface area contributed by atoms with Gasteiger partial charge in [-0.25, -0.2) is 4.79 Å². The predicted molar refractivity (Wildman–Crippen MR) is 163 cm³/mol. The maximum atomic E-state index is 13.4. The highest BCUT2D eigenvalue weighted by atomic mass is 16.6.